The maximum absolute atomic E-state index is 5.75. The van der Waals surface area contributed by atoms with Crippen LogP contribution in [0.1, 0.15) is 57.0 Å². The molecule has 0 unspecified atom stereocenters. The van der Waals surface area contributed by atoms with Crippen molar-refractivity contribution in [3.8, 4) is 11.4 Å². The molecule has 0 spiro atoms. The Bertz CT molecular complexity index is 692. The minimum atomic E-state index is 0.0714. The van der Waals surface area contributed by atoms with E-state index in [4.69, 9.17) is 9.51 Å². The molecule has 6 heteroatoms. The van der Waals surface area contributed by atoms with Crippen LogP contribution in [0.25, 0.3) is 11.4 Å². The first-order valence-corrected chi connectivity index (χ1v) is 8.68. The Hall–Kier alpha value is -1.69. The molecule has 0 atom stereocenters. The Morgan fingerprint density at radius 2 is 1.96 bits per heavy atom. The molecule has 2 saturated heterocycles. The van der Waals surface area contributed by atoms with Crippen molar-refractivity contribution >= 4 is 0 Å². The number of piperidine rings is 2. The second-order valence-corrected chi connectivity index (χ2v) is 7.44. The molecule has 124 valence electrons. The lowest BCUT2D eigenvalue weighted by atomic mass is 9.73. The number of fused-ring (bicyclic) bond motifs is 2. The number of aryl methyl sites for hydroxylation is 1. The molecule has 2 aliphatic rings. The van der Waals surface area contributed by atoms with Crippen LogP contribution in [0.15, 0.2) is 10.7 Å². The largest absolute Gasteiger partial charge is 0.338 e. The molecule has 2 aromatic rings. The lowest BCUT2D eigenvalue weighted by molar-refractivity contribution is 0.0711. The highest BCUT2D eigenvalue weighted by molar-refractivity contribution is 5.57. The fourth-order valence-electron chi connectivity index (χ4n) is 4.20. The van der Waals surface area contributed by atoms with E-state index in [1.165, 1.54) is 25.9 Å². The normalized spacial score (nSPS) is 27.6. The zero-order chi connectivity index (χ0) is 16.0. The van der Waals surface area contributed by atoms with E-state index in [2.05, 4.69) is 29.0 Å². The molecule has 6 nitrogen and oxygen atoms in total. The topological polar surface area (TPSA) is 60.0 Å². The molecule has 0 amide bonds. The smallest absolute Gasteiger partial charge is 0.234 e. The first-order valence-electron chi connectivity index (χ1n) is 8.68. The van der Waals surface area contributed by atoms with Gasteiger partial charge >= 0.3 is 0 Å². The second kappa shape index (κ2) is 5.44. The maximum Gasteiger partial charge on any atom is 0.234 e. The summed E-state index contributed by atoms with van der Waals surface area (Å²) in [6.45, 7) is 7.78. The summed E-state index contributed by atoms with van der Waals surface area (Å²) in [6, 6.07) is 0. The zero-order valence-electron chi connectivity index (χ0n) is 14.2. The van der Waals surface area contributed by atoms with Crippen LogP contribution in [0, 0.1) is 0 Å². The lowest BCUT2D eigenvalue weighted by Gasteiger charge is -2.44. The molecule has 23 heavy (non-hydrogen) atoms. The highest BCUT2D eigenvalue weighted by atomic mass is 16.5. The molecule has 2 bridgehead atoms. The summed E-state index contributed by atoms with van der Waals surface area (Å²) in [5.41, 5.74) is 2.10. The van der Waals surface area contributed by atoms with Crippen molar-refractivity contribution in [2.75, 3.05) is 19.6 Å². The average molecular weight is 315 g/mol. The molecule has 4 rings (SSSR count). The predicted octanol–water partition coefficient (Wildman–Crippen LogP) is 2.72. The summed E-state index contributed by atoms with van der Waals surface area (Å²) in [7, 11) is 1.94. The number of nitrogens with zero attached hydrogens (tertiary/aromatic N) is 5. The molecule has 4 heterocycles. The second-order valence-electron chi connectivity index (χ2n) is 7.44. The average Bonchev–Trinajstić information content (AvgIpc) is 3.14. The van der Waals surface area contributed by atoms with Crippen molar-refractivity contribution in [1.29, 1.82) is 0 Å². The highest BCUT2D eigenvalue weighted by Gasteiger charge is 2.44. The molecule has 2 aliphatic heterocycles. The van der Waals surface area contributed by atoms with Crippen molar-refractivity contribution in [2.45, 2.75) is 50.9 Å². The summed E-state index contributed by atoms with van der Waals surface area (Å²) in [5, 5.41) is 8.86. The van der Waals surface area contributed by atoms with Gasteiger partial charge in [-0.1, -0.05) is 19.0 Å². The van der Waals surface area contributed by atoms with E-state index < -0.39 is 0 Å². The quantitative estimate of drug-likeness (QED) is 0.871. The number of hydrogen-bond acceptors (Lipinski definition) is 5. The zero-order valence-corrected chi connectivity index (χ0v) is 14.2. The molecule has 2 fully saturated rings. The summed E-state index contributed by atoms with van der Waals surface area (Å²) >= 11 is 0. The summed E-state index contributed by atoms with van der Waals surface area (Å²) in [6.07, 6.45) is 6.77. The van der Waals surface area contributed by atoms with E-state index in [1.54, 1.807) is 0 Å². The maximum atomic E-state index is 5.75. The van der Waals surface area contributed by atoms with Crippen LogP contribution in [0.2, 0.25) is 0 Å². The van der Waals surface area contributed by atoms with Crippen LogP contribution in [-0.2, 0) is 12.5 Å². The number of rotatable bonds is 3. The van der Waals surface area contributed by atoms with E-state index in [0.29, 0.717) is 11.7 Å². The first kappa shape index (κ1) is 14.9. The molecular formula is C17H25N5O. The predicted molar refractivity (Wildman–Crippen MR) is 87.2 cm³/mol. The van der Waals surface area contributed by atoms with Gasteiger partial charge in [0.05, 0.1) is 16.7 Å². The summed E-state index contributed by atoms with van der Waals surface area (Å²) in [5.74, 6) is 1.86. The molecule has 0 aliphatic carbocycles. The van der Waals surface area contributed by atoms with Gasteiger partial charge < -0.3 is 9.42 Å². The molecule has 0 N–H and O–H groups in total. The van der Waals surface area contributed by atoms with Gasteiger partial charge in [-0.05, 0) is 44.7 Å². The lowest BCUT2D eigenvalue weighted by Crippen LogP contribution is -2.50. The van der Waals surface area contributed by atoms with Gasteiger partial charge in [0.25, 0.3) is 0 Å². The Labute approximate surface area is 136 Å². The monoisotopic (exact) mass is 315 g/mol. The van der Waals surface area contributed by atoms with Crippen LogP contribution in [-0.4, -0.2) is 44.5 Å². The molecular weight excluding hydrogens is 290 g/mol. The van der Waals surface area contributed by atoms with Gasteiger partial charge in [0.2, 0.25) is 11.7 Å². The molecule has 0 radical (unpaired) electrons. The Kier molecular flexibility index (Phi) is 3.52. The third kappa shape index (κ3) is 2.49. The van der Waals surface area contributed by atoms with Crippen molar-refractivity contribution in [1.82, 2.24) is 24.8 Å². The van der Waals surface area contributed by atoms with Crippen molar-refractivity contribution in [2.24, 2.45) is 7.05 Å². The van der Waals surface area contributed by atoms with Gasteiger partial charge in [0, 0.05) is 19.8 Å². The molecule has 0 aromatic carbocycles. The number of aromatic nitrogens is 4. The molecule has 2 aromatic heterocycles. The standard InChI is InChI=1S/C17H25N5O/c1-12(2)14-13(10-21(3)19-14)15-18-16(23-20-15)17-6-4-8-22(11-17)9-5-7-17/h10,12H,4-9,11H2,1-3H3. The van der Waals surface area contributed by atoms with Crippen LogP contribution < -0.4 is 0 Å². The van der Waals surface area contributed by atoms with E-state index >= 15 is 0 Å². The van der Waals surface area contributed by atoms with Crippen molar-refractivity contribution in [3.63, 3.8) is 0 Å². The van der Waals surface area contributed by atoms with Crippen LogP contribution in [0.4, 0.5) is 0 Å². The van der Waals surface area contributed by atoms with Gasteiger partial charge in [-0.15, -0.1) is 0 Å². The van der Waals surface area contributed by atoms with Gasteiger partial charge in [0.1, 0.15) is 0 Å². The Morgan fingerprint density at radius 1 is 1.22 bits per heavy atom. The molecule has 0 saturated carbocycles. The van der Waals surface area contributed by atoms with E-state index in [9.17, 15) is 0 Å². The third-order valence-corrected chi connectivity index (χ3v) is 5.31. The van der Waals surface area contributed by atoms with Crippen LogP contribution in [0.5, 0.6) is 0 Å². The van der Waals surface area contributed by atoms with Gasteiger partial charge in [-0.25, -0.2) is 0 Å². The van der Waals surface area contributed by atoms with Crippen LogP contribution >= 0.6 is 0 Å². The van der Waals surface area contributed by atoms with E-state index in [0.717, 1.165) is 36.5 Å². The van der Waals surface area contributed by atoms with Crippen LogP contribution in [0.3, 0.4) is 0 Å². The SMILES string of the molecule is CC(C)c1nn(C)cc1-c1noc(C23CCCN(CCC2)C3)n1. The first-order chi connectivity index (χ1) is 11.1. The van der Waals surface area contributed by atoms with Crippen molar-refractivity contribution in [3.05, 3.63) is 17.8 Å². The highest BCUT2D eigenvalue weighted by Crippen LogP contribution is 2.41. The Balaban J connectivity index is 1.69. The van der Waals surface area contributed by atoms with Gasteiger partial charge in [-0.3, -0.25) is 4.68 Å². The van der Waals surface area contributed by atoms with Gasteiger partial charge in [0.15, 0.2) is 0 Å². The third-order valence-electron chi connectivity index (χ3n) is 5.31. The minimum Gasteiger partial charge on any atom is -0.338 e. The fourth-order valence-corrected chi connectivity index (χ4v) is 4.20. The minimum absolute atomic E-state index is 0.0714. The van der Waals surface area contributed by atoms with Crippen molar-refractivity contribution < 1.29 is 4.52 Å². The fraction of sp³-hybridized carbons (Fsp3) is 0.706. The summed E-state index contributed by atoms with van der Waals surface area (Å²) < 4.78 is 7.59. The Morgan fingerprint density at radius 3 is 2.65 bits per heavy atom. The summed E-state index contributed by atoms with van der Waals surface area (Å²) in [4.78, 5) is 7.36. The van der Waals surface area contributed by atoms with Gasteiger partial charge in [-0.2, -0.15) is 10.1 Å². The van der Waals surface area contributed by atoms with E-state index in [-0.39, 0.29) is 5.41 Å². The number of hydrogen-bond donors (Lipinski definition) is 0. The van der Waals surface area contributed by atoms with E-state index in [1.807, 2.05) is 17.9 Å².